The summed E-state index contributed by atoms with van der Waals surface area (Å²) >= 11 is 0. The maximum absolute atomic E-state index is 9.15. The van der Waals surface area contributed by atoms with Crippen LogP contribution in [0, 0.1) is 0 Å². The van der Waals surface area contributed by atoms with Crippen LogP contribution >= 0.6 is 0 Å². The van der Waals surface area contributed by atoms with Gasteiger partial charge in [0.1, 0.15) is 0 Å². The Bertz CT molecular complexity index is 482. The summed E-state index contributed by atoms with van der Waals surface area (Å²) in [7, 11) is 0. The second kappa shape index (κ2) is 4.74. The zero-order chi connectivity index (χ0) is 12.3. The number of rotatable bonds is 4. The maximum Gasteiger partial charge on any atom is 0.257 e. The largest absolute Gasteiger partial charge is 0.392 e. The van der Waals surface area contributed by atoms with Crippen molar-refractivity contribution in [2.45, 2.75) is 13.0 Å². The molecule has 0 aliphatic heterocycles. The van der Waals surface area contributed by atoms with E-state index in [9.17, 15) is 0 Å². The second-order valence-electron chi connectivity index (χ2n) is 3.50. The lowest BCUT2D eigenvalue weighted by Gasteiger charge is -2.08. The first-order valence-electron chi connectivity index (χ1n) is 5.08. The molecule has 0 saturated heterocycles. The van der Waals surface area contributed by atoms with E-state index < -0.39 is 6.10 Å². The van der Waals surface area contributed by atoms with Gasteiger partial charge >= 0.3 is 0 Å². The zero-order valence-corrected chi connectivity index (χ0v) is 9.28. The van der Waals surface area contributed by atoms with Gasteiger partial charge in [-0.05, 0) is 13.0 Å². The molecule has 4 N–H and O–H groups in total. The lowest BCUT2D eigenvalue weighted by Crippen LogP contribution is -2.18. The monoisotopic (exact) mass is 235 g/mol. The van der Waals surface area contributed by atoms with E-state index >= 15 is 0 Å². The minimum Gasteiger partial charge on any atom is -0.392 e. The van der Waals surface area contributed by atoms with Gasteiger partial charge in [0.15, 0.2) is 0 Å². The average molecular weight is 235 g/mol. The van der Waals surface area contributed by atoms with Crippen molar-refractivity contribution in [3.63, 3.8) is 0 Å². The molecule has 0 fully saturated rings. The van der Waals surface area contributed by atoms with Crippen LogP contribution in [0.2, 0.25) is 0 Å². The highest BCUT2D eigenvalue weighted by molar-refractivity contribution is 5.34. The summed E-state index contributed by atoms with van der Waals surface area (Å²) in [6, 6.07) is 1.75. The van der Waals surface area contributed by atoms with Crippen molar-refractivity contribution in [1.82, 2.24) is 24.7 Å². The average Bonchev–Trinajstić information content (AvgIpc) is 2.79. The Kier molecular flexibility index (Phi) is 3.15. The molecule has 2 heterocycles. The highest BCUT2D eigenvalue weighted by Crippen LogP contribution is 2.06. The Morgan fingerprint density at radius 2 is 2.29 bits per heavy atom. The summed E-state index contributed by atoms with van der Waals surface area (Å²) in [5, 5.41) is 16.0. The number of anilines is 2. The van der Waals surface area contributed by atoms with Crippen molar-refractivity contribution in [3.8, 4) is 5.95 Å². The van der Waals surface area contributed by atoms with E-state index in [1.165, 1.54) is 4.68 Å². The lowest BCUT2D eigenvalue weighted by molar-refractivity contribution is 0.208. The molecule has 17 heavy (non-hydrogen) atoms. The Balaban J connectivity index is 2.24. The number of hydrogen-bond acceptors (Lipinski definition) is 7. The van der Waals surface area contributed by atoms with Crippen LogP contribution in [0.3, 0.4) is 0 Å². The number of aromatic nitrogens is 5. The number of aliphatic hydroxyl groups is 1. The molecule has 2 aromatic heterocycles. The van der Waals surface area contributed by atoms with E-state index in [2.05, 4.69) is 25.4 Å². The predicted octanol–water partition coefficient (Wildman–Crippen LogP) is -0.568. The van der Waals surface area contributed by atoms with Gasteiger partial charge in [-0.1, -0.05) is 0 Å². The first-order valence-corrected chi connectivity index (χ1v) is 5.08. The van der Waals surface area contributed by atoms with Crippen LogP contribution in [0.4, 0.5) is 11.9 Å². The minimum atomic E-state index is -0.499. The molecule has 0 saturated carbocycles. The van der Waals surface area contributed by atoms with Crippen LogP contribution in [-0.2, 0) is 0 Å². The van der Waals surface area contributed by atoms with Crippen molar-refractivity contribution in [2.24, 2.45) is 0 Å². The van der Waals surface area contributed by atoms with E-state index in [1.54, 1.807) is 25.4 Å². The molecule has 2 aromatic rings. The van der Waals surface area contributed by atoms with Crippen molar-refractivity contribution in [3.05, 3.63) is 18.5 Å². The summed E-state index contributed by atoms with van der Waals surface area (Å²) in [4.78, 5) is 12.0. The van der Waals surface area contributed by atoms with Crippen LogP contribution in [-0.4, -0.2) is 42.5 Å². The van der Waals surface area contributed by atoms with Crippen molar-refractivity contribution >= 4 is 11.9 Å². The normalized spacial score (nSPS) is 12.4. The Labute approximate surface area is 97.5 Å². The Morgan fingerprint density at radius 3 is 2.94 bits per heavy atom. The zero-order valence-electron chi connectivity index (χ0n) is 9.28. The molecule has 0 spiro atoms. The summed E-state index contributed by atoms with van der Waals surface area (Å²) in [6.45, 7) is 1.99. The van der Waals surface area contributed by atoms with Gasteiger partial charge in [-0.15, -0.1) is 0 Å². The number of nitrogens with two attached hydrogens (primary N) is 1. The molecule has 8 heteroatoms. The van der Waals surface area contributed by atoms with Gasteiger partial charge in [0.05, 0.1) is 6.10 Å². The van der Waals surface area contributed by atoms with Crippen molar-refractivity contribution in [2.75, 3.05) is 17.6 Å². The van der Waals surface area contributed by atoms with Crippen molar-refractivity contribution < 1.29 is 5.11 Å². The molecule has 1 unspecified atom stereocenters. The van der Waals surface area contributed by atoms with E-state index in [4.69, 9.17) is 10.8 Å². The molecule has 0 aliphatic carbocycles. The third-order valence-electron chi connectivity index (χ3n) is 1.91. The quantitative estimate of drug-likeness (QED) is 0.650. The first kappa shape index (κ1) is 11.3. The molecule has 1 atom stereocenters. The molecular weight excluding hydrogens is 222 g/mol. The van der Waals surface area contributed by atoms with Crippen molar-refractivity contribution in [1.29, 1.82) is 0 Å². The van der Waals surface area contributed by atoms with E-state index in [-0.39, 0.29) is 5.95 Å². The molecule has 0 radical (unpaired) electrons. The van der Waals surface area contributed by atoms with Crippen LogP contribution in [0.15, 0.2) is 18.5 Å². The summed E-state index contributed by atoms with van der Waals surface area (Å²) in [6.07, 6.45) is 2.82. The Hall–Kier alpha value is -2.22. The lowest BCUT2D eigenvalue weighted by atomic mass is 10.4. The van der Waals surface area contributed by atoms with Gasteiger partial charge in [0.25, 0.3) is 5.95 Å². The van der Waals surface area contributed by atoms with Gasteiger partial charge in [-0.2, -0.15) is 20.1 Å². The maximum atomic E-state index is 9.15. The smallest absolute Gasteiger partial charge is 0.257 e. The van der Waals surface area contributed by atoms with Gasteiger partial charge < -0.3 is 16.2 Å². The fraction of sp³-hybridized carbons (Fsp3) is 0.333. The number of nitrogen functional groups attached to an aromatic ring is 1. The summed E-state index contributed by atoms with van der Waals surface area (Å²) in [5.74, 6) is 0.734. The van der Waals surface area contributed by atoms with Gasteiger partial charge in [0, 0.05) is 18.9 Å². The van der Waals surface area contributed by atoms with Crippen LogP contribution < -0.4 is 11.1 Å². The first-order chi connectivity index (χ1) is 8.15. The minimum absolute atomic E-state index is 0.0959. The molecule has 8 nitrogen and oxygen atoms in total. The SMILES string of the molecule is CC(O)CNc1nc(N)nc(-n2cccn2)n1. The predicted molar refractivity (Wildman–Crippen MR) is 61.5 cm³/mol. The molecule has 0 aromatic carbocycles. The van der Waals surface area contributed by atoms with E-state index in [0.29, 0.717) is 18.4 Å². The highest BCUT2D eigenvalue weighted by Gasteiger charge is 2.06. The second-order valence-corrected chi connectivity index (χ2v) is 3.50. The van der Waals surface area contributed by atoms with Crippen LogP contribution in [0.1, 0.15) is 6.92 Å². The molecule has 0 aliphatic rings. The number of nitrogens with one attached hydrogen (secondary N) is 1. The third-order valence-corrected chi connectivity index (χ3v) is 1.91. The molecular formula is C9H13N7O. The fourth-order valence-corrected chi connectivity index (χ4v) is 1.19. The molecule has 90 valence electrons. The Morgan fingerprint density at radius 1 is 1.47 bits per heavy atom. The van der Waals surface area contributed by atoms with Gasteiger partial charge in [-0.25, -0.2) is 4.68 Å². The van der Waals surface area contributed by atoms with E-state index in [1.807, 2.05) is 0 Å². The number of hydrogen-bond donors (Lipinski definition) is 3. The molecule has 2 rings (SSSR count). The standard InChI is InChI=1S/C9H13N7O/c1-6(17)5-11-8-13-7(10)14-9(15-8)16-4-2-3-12-16/h2-4,6,17H,5H2,1H3,(H3,10,11,13,14,15). The highest BCUT2D eigenvalue weighted by atomic mass is 16.3. The molecule has 0 amide bonds. The van der Waals surface area contributed by atoms with Crippen LogP contribution in [0.25, 0.3) is 5.95 Å². The van der Waals surface area contributed by atoms with E-state index in [0.717, 1.165) is 0 Å². The number of aliphatic hydroxyl groups excluding tert-OH is 1. The summed E-state index contributed by atoms with van der Waals surface area (Å²) in [5.41, 5.74) is 5.57. The third kappa shape index (κ3) is 2.88. The number of nitrogens with zero attached hydrogens (tertiary/aromatic N) is 5. The summed E-state index contributed by atoms with van der Waals surface area (Å²) < 4.78 is 1.48. The fourth-order valence-electron chi connectivity index (χ4n) is 1.19. The topological polar surface area (TPSA) is 115 Å². The van der Waals surface area contributed by atoms with Crippen LogP contribution in [0.5, 0.6) is 0 Å². The van der Waals surface area contributed by atoms with Gasteiger partial charge in [0.2, 0.25) is 11.9 Å². The van der Waals surface area contributed by atoms with Gasteiger partial charge in [-0.3, -0.25) is 0 Å². The molecule has 0 bridgehead atoms.